The van der Waals surface area contributed by atoms with Gasteiger partial charge in [-0.1, -0.05) is 18.2 Å². The van der Waals surface area contributed by atoms with Crippen LogP contribution in [0.5, 0.6) is 0 Å². The third kappa shape index (κ3) is 4.44. The molecule has 0 fully saturated rings. The number of aromatic nitrogens is 1. The molecule has 0 saturated carbocycles. The standard InChI is InChI=1S/C14H15F3N2OS/c15-14(16,17)12-10-21-13(18-12)9-19(7-4-8-20)11-5-2-1-3-6-11/h1-3,5-6,10,20H,4,7-9H2. The minimum atomic E-state index is -4.41. The Hall–Kier alpha value is -1.60. The molecule has 3 nitrogen and oxygen atoms in total. The third-order valence-corrected chi connectivity index (χ3v) is 3.71. The molecule has 114 valence electrons. The van der Waals surface area contributed by atoms with Crippen LogP contribution >= 0.6 is 11.3 Å². The average molecular weight is 316 g/mol. The summed E-state index contributed by atoms with van der Waals surface area (Å²) in [7, 11) is 0. The van der Waals surface area contributed by atoms with E-state index in [4.69, 9.17) is 5.11 Å². The van der Waals surface area contributed by atoms with Crippen molar-refractivity contribution in [3.05, 3.63) is 46.4 Å². The van der Waals surface area contributed by atoms with Crippen molar-refractivity contribution in [3.63, 3.8) is 0 Å². The molecule has 1 heterocycles. The van der Waals surface area contributed by atoms with Gasteiger partial charge in [0, 0.05) is 24.2 Å². The van der Waals surface area contributed by atoms with Gasteiger partial charge in [-0.05, 0) is 18.6 Å². The predicted octanol–water partition coefficient (Wildman–Crippen LogP) is 3.55. The third-order valence-electron chi connectivity index (χ3n) is 2.88. The number of para-hydroxylation sites is 1. The van der Waals surface area contributed by atoms with Gasteiger partial charge in [-0.2, -0.15) is 13.2 Å². The summed E-state index contributed by atoms with van der Waals surface area (Å²) in [5.41, 5.74) is 0.0485. The zero-order valence-electron chi connectivity index (χ0n) is 11.2. The SMILES string of the molecule is OCCCN(Cc1nc(C(F)(F)F)cs1)c1ccccc1. The monoisotopic (exact) mass is 316 g/mol. The van der Waals surface area contributed by atoms with E-state index in [1.165, 1.54) is 0 Å². The molecule has 0 atom stereocenters. The second-order valence-electron chi connectivity index (χ2n) is 4.46. The Morgan fingerprint density at radius 3 is 2.48 bits per heavy atom. The number of aliphatic hydroxyl groups is 1. The first-order chi connectivity index (χ1) is 10.0. The highest BCUT2D eigenvalue weighted by Crippen LogP contribution is 2.30. The van der Waals surface area contributed by atoms with Gasteiger partial charge in [0.15, 0.2) is 5.69 Å². The van der Waals surface area contributed by atoms with E-state index in [2.05, 4.69) is 4.98 Å². The number of hydrogen-bond acceptors (Lipinski definition) is 4. The first kappa shape index (κ1) is 15.8. The molecule has 2 aromatic rings. The van der Waals surface area contributed by atoms with Crippen LogP contribution < -0.4 is 4.90 Å². The van der Waals surface area contributed by atoms with Crippen LogP contribution in [0.1, 0.15) is 17.1 Å². The van der Waals surface area contributed by atoms with Gasteiger partial charge >= 0.3 is 6.18 Å². The Bertz CT molecular complexity index is 557. The van der Waals surface area contributed by atoms with Gasteiger partial charge in [0.25, 0.3) is 0 Å². The van der Waals surface area contributed by atoms with E-state index in [1.54, 1.807) is 0 Å². The van der Waals surface area contributed by atoms with Crippen molar-refractivity contribution < 1.29 is 18.3 Å². The molecule has 0 aliphatic carbocycles. The van der Waals surface area contributed by atoms with Crippen LogP contribution in [0.2, 0.25) is 0 Å². The molecule has 0 saturated heterocycles. The molecular weight excluding hydrogens is 301 g/mol. The van der Waals surface area contributed by atoms with Gasteiger partial charge < -0.3 is 10.0 Å². The van der Waals surface area contributed by atoms with E-state index in [9.17, 15) is 13.2 Å². The first-order valence-electron chi connectivity index (χ1n) is 6.43. The quantitative estimate of drug-likeness (QED) is 0.885. The molecule has 0 aliphatic heterocycles. The summed E-state index contributed by atoms with van der Waals surface area (Å²) in [6, 6.07) is 9.37. The van der Waals surface area contributed by atoms with E-state index >= 15 is 0 Å². The van der Waals surface area contributed by atoms with Crippen molar-refractivity contribution in [2.75, 3.05) is 18.1 Å². The normalized spacial score (nSPS) is 11.6. The highest BCUT2D eigenvalue weighted by atomic mass is 32.1. The number of rotatable bonds is 6. The second kappa shape index (κ2) is 6.91. The number of thiazole rings is 1. The van der Waals surface area contributed by atoms with Gasteiger partial charge in [0.2, 0.25) is 0 Å². The van der Waals surface area contributed by atoms with Crippen molar-refractivity contribution in [3.8, 4) is 0 Å². The molecule has 0 bridgehead atoms. The number of aliphatic hydroxyl groups excluding tert-OH is 1. The minimum absolute atomic E-state index is 0.0367. The van der Waals surface area contributed by atoms with E-state index in [1.807, 2.05) is 35.2 Å². The fraction of sp³-hybridized carbons (Fsp3) is 0.357. The maximum absolute atomic E-state index is 12.6. The Labute approximate surface area is 124 Å². The van der Waals surface area contributed by atoms with Crippen molar-refractivity contribution in [2.45, 2.75) is 19.1 Å². The maximum Gasteiger partial charge on any atom is 0.434 e. The highest BCUT2D eigenvalue weighted by molar-refractivity contribution is 7.09. The number of benzene rings is 1. The molecule has 21 heavy (non-hydrogen) atoms. The zero-order chi connectivity index (χ0) is 15.3. The molecule has 2 rings (SSSR count). The number of hydrogen-bond donors (Lipinski definition) is 1. The highest BCUT2D eigenvalue weighted by Gasteiger charge is 2.33. The predicted molar refractivity (Wildman–Crippen MR) is 76.3 cm³/mol. The fourth-order valence-corrected chi connectivity index (χ4v) is 2.69. The average Bonchev–Trinajstić information content (AvgIpc) is 2.93. The molecule has 0 spiro atoms. The molecule has 1 aromatic heterocycles. The van der Waals surface area contributed by atoms with Crippen molar-refractivity contribution >= 4 is 17.0 Å². The van der Waals surface area contributed by atoms with E-state index in [0.717, 1.165) is 22.4 Å². The molecule has 1 aromatic carbocycles. The largest absolute Gasteiger partial charge is 0.434 e. The van der Waals surface area contributed by atoms with Crippen LogP contribution in [-0.2, 0) is 12.7 Å². The lowest BCUT2D eigenvalue weighted by Crippen LogP contribution is -2.24. The lowest BCUT2D eigenvalue weighted by molar-refractivity contribution is -0.140. The Morgan fingerprint density at radius 1 is 1.19 bits per heavy atom. The van der Waals surface area contributed by atoms with Crippen LogP contribution in [0.25, 0.3) is 0 Å². The summed E-state index contributed by atoms with van der Waals surface area (Å²) in [6.45, 7) is 0.890. The molecule has 0 unspecified atom stereocenters. The molecule has 0 aliphatic rings. The summed E-state index contributed by atoms with van der Waals surface area (Å²) in [5.74, 6) is 0. The number of halogens is 3. The molecule has 0 amide bonds. The van der Waals surface area contributed by atoms with Crippen LogP contribution in [0.4, 0.5) is 18.9 Å². The Morgan fingerprint density at radius 2 is 1.90 bits per heavy atom. The van der Waals surface area contributed by atoms with Gasteiger partial charge in [0.05, 0.1) is 6.54 Å². The van der Waals surface area contributed by atoms with E-state index in [0.29, 0.717) is 24.5 Å². The second-order valence-corrected chi connectivity index (χ2v) is 5.40. The van der Waals surface area contributed by atoms with Gasteiger partial charge in [0.1, 0.15) is 5.01 Å². The van der Waals surface area contributed by atoms with E-state index < -0.39 is 11.9 Å². The zero-order valence-corrected chi connectivity index (χ0v) is 12.0. The Balaban J connectivity index is 2.13. The summed E-state index contributed by atoms with van der Waals surface area (Å²) < 4.78 is 37.7. The first-order valence-corrected chi connectivity index (χ1v) is 7.31. The van der Waals surface area contributed by atoms with Gasteiger partial charge in [-0.3, -0.25) is 0 Å². The molecule has 1 N–H and O–H groups in total. The maximum atomic E-state index is 12.6. The molecular formula is C14H15F3N2OS. The number of alkyl halides is 3. The lowest BCUT2D eigenvalue weighted by atomic mass is 10.2. The summed E-state index contributed by atoms with van der Waals surface area (Å²) in [4.78, 5) is 5.56. The van der Waals surface area contributed by atoms with Crippen LogP contribution in [0, 0.1) is 0 Å². The topological polar surface area (TPSA) is 36.4 Å². The summed E-state index contributed by atoms with van der Waals surface area (Å²) in [6.07, 6.45) is -3.86. The van der Waals surface area contributed by atoms with Gasteiger partial charge in [-0.25, -0.2) is 4.98 Å². The molecule has 7 heteroatoms. The van der Waals surface area contributed by atoms with Crippen molar-refractivity contribution in [1.29, 1.82) is 0 Å². The smallest absolute Gasteiger partial charge is 0.396 e. The fourth-order valence-electron chi connectivity index (χ4n) is 1.88. The van der Waals surface area contributed by atoms with Crippen LogP contribution in [0.3, 0.4) is 0 Å². The summed E-state index contributed by atoms with van der Waals surface area (Å²) in [5, 5.41) is 10.4. The van der Waals surface area contributed by atoms with Crippen molar-refractivity contribution in [1.82, 2.24) is 4.98 Å². The Kier molecular flexibility index (Phi) is 5.19. The summed E-state index contributed by atoms with van der Waals surface area (Å²) >= 11 is 0.998. The van der Waals surface area contributed by atoms with Gasteiger partial charge in [-0.15, -0.1) is 11.3 Å². The van der Waals surface area contributed by atoms with Crippen LogP contribution in [0.15, 0.2) is 35.7 Å². The minimum Gasteiger partial charge on any atom is -0.396 e. The van der Waals surface area contributed by atoms with Crippen LogP contribution in [-0.4, -0.2) is 23.2 Å². The molecule has 0 radical (unpaired) electrons. The van der Waals surface area contributed by atoms with E-state index in [-0.39, 0.29) is 6.61 Å². The number of anilines is 1. The number of nitrogens with zero attached hydrogens (tertiary/aromatic N) is 2. The van der Waals surface area contributed by atoms with Crippen molar-refractivity contribution in [2.24, 2.45) is 0 Å². The lowest BCUT2D eigenvalue weighted by Gasteiger charge is -2.23.